The van der Waals surface area contributed by atoms with E-state index in [0.717, 1.165) is 6.42 Å². The fourth-order valence-corrected chi connectivity index (χ4v) is 2.03. The number of carbonyl (C=O) groups excluding carboxylic acids is 2. The van der Waals surface area contributed by atoms with Gasteiger partial charge in [0.1, 0.15) is 0 Å². The Balaban J connectivity index is 2.03. The fourth-order valence-electron chi connectivity index (χ4n) is 2.03. The molecule has 2 aromatic rings. The molecule has 0 bridgehead atoms. The number of ketones is 1. The molecule has 1 N–H and O–H groups in total. The molecular formula is C18H21NO5. The first-order valence-electron chi connectivity index (χ1n) is 7.89. The van der Waals surface area contributed by atoms with Gasteiger partial charge in [0.25, 0.3) is 0 Å². The van der Waals surface area contributed by atoms with Crippen molar-refractivity contribution in [1.82, 2.24) is 4.98 Å². The number of benzene rings is 1. The molecule has 0 radical (unpaired) electrons. The second-order valence-corrected chi connectivity index (χ2v) is 5.03. The molecule has 1 aromatic heterocycles. The van der Waals surface area contributed by atoms with Crippen molar-refractivity contribution in [2.75, 3.05) is 19.8 Å². The molecule has 0 aliphatic carbocycles. The summed E-state index contributed by atoms with van der Waals surface area (Å²) in [4.78, 5) is 26.7. The van der Waals surface area contributed by atoms with Crippen molar-refractivity contribution in [2.24, 2.45) is 0 Å². The maximum atomic E-state index is 12.1. The van der Waals surface area contributed by atoms with Gasteiger partial charge in [-0.15, -0.1) is 0 Å². The molecule has 0 unspecified atom stereocenters. The van der Waals surface area contributed by atoms with Crippen LogP contribution >= 0.6 is 0 Å². The van der Waals surface area contributed by atoms with Gasteiger partial charge in [-0.2, -0.15) is 0 Å². The number of ether oxygens (including phenoxy) is 3. The third kappa shape index (κ3) is 4.62. The Kier molecular flexibility index (Phi) is 6.42. The van der Waals surface area contributed by atoms with Crippen molar-refractivity contribution in [3.05, 3.63) is 47.8 Å². The first-order chi connectivity index (χ1) is 11.7. The normalized spacial score (nSPS) is 10.2. The van der Waals surface area contributed by atoms with Gasteiger partial charge in [-0.05, 0) is 43.7 Å². The van der Waals surface area contributed by atoms with E-state index in [1.54, 1.807) is 36.5 Å². The van der Waals surface area contributed by atoms with Gasteiger partial charge < -0.3 is 19.2 Å². The highest BCUT2D eigenvalue weighted by atomic mass is 16.5. The molecule has 6 nitrogen and oxygen atoms in total. The minimum atomic E-state index is -0.585. The van der Waals surface area contributed by atoms with Crippen molar-refractivity contribution in [3.8, 4) is 11.5 Å². The quantitative estimate of drug-likeness (QED) is 0.564. The Morgan fingerprint density at radius 3 is 2.58 bits per heavy atom. The highest BCUT2D eigenvalue weighted by molar-refractivity contribution is 5.98. The molecule has 0 aliphatic heterocycles. The minimum absolute atomic E-state index is 0.290. The molecule has 1 heterocycles. The summed E-state index contributed by atoms with van der Waals surface area (Å²) in [6.45, 7) is 4.55. The zero-order valence-corrected chi connectivity index (χ0v) is 13.8. The van der Waals surface area contributed by atoms with Crippen LogP contribution in [0.3, 0.4) is 0 Å². The number of hydrogen-bond acceptors (Lipinski definition) is 5. The molecule has 2 rings (SSSR count). The minimum Gasteiger partial charge on any atom is -0.490 e. The second-order valence-electron chi connectivity index (χ2n) is 5.03. The summed E-state index contributed by atoms with van der Waals surface area (Å²) in [7, 11) is 0. The van der Waals surface area contributed by atoms with Gasteiger partial charge in [0.05, 0.1) is 24.5 Å². The number of aromatic nitrogens is 1. The molecule has 0 amide bonds. The average molecular weight is 331 g/mol. The number of Topliss-reactive ketones (excluding diaryl/α,β-unsaturated/α-hetero) is 1. The SMILES string of the molecule is CCCOc1ccc(C(=O)OCC(=O)c2ccc[nH]2)cc1OCC. The van der Waals surface area contributed by atoms with Gasteiger partial charge in [0.2, 0.25) is 5.78 Å². The molecule has 1 aromatic carbocycles. The number of carbonyl (C=O) groups is 2. The number of nitrogens with one attached hydrogen (secondary N) is 1. The lowest BCUT2D eigenvalue weighted by Gasteiger charge is -2.12. The Hall–Kier alpha value is -2.76. The van der Waals surface area contributed by atoms with E-state index in [0.29, 0.717) is 36.0 Å². The van der Waals surface area contributed by atoms with Crippen LogP contribution in [0.1, 0.15) is 41.1 Å². The Morgan fingerprint density at radius 1 is 1.08 bits per heavy atom. The fraction of sp³-hybridized carbons (Fsp3) is 0.333. The summed E-state index contributed by atoms with van der Waals surface area (Å²) < 4.78 is 16.2. The first kappa shape index (κ1) is 17.6. The topological polar surface area (TPSA) is 77.6 Å². The van der Waals surface area contributed by atoms with Crippen LogP contribution in [0.25, 0.3) is 0 Å². The molecule has 6 heteroatoms. The number of esters is 1. The van der Waals surface area contributed by atoms with Crippen molar-refractivity contribution >= 4 is 11.8 Å². The Bertz CT molecular complexity index is 679. The van der Waals surface area contributed by atoms with E-state index in [1.807, 2.05) is 13.8 Å². The lowest BCUT2D eigenvalue weighted by molar-refractivity contribution is 0.0473. The Morgan fingerprint density at radius 2 is 1.92 bits per heavy atom. The highest BCUT2D eigenvalue weighted by Gasteiger charge is 2.15. The van der Waals surface area contributed by atoms with Gasteiger partial charge in [0, 0.05) is 6.20 Å². The van der Waals surface area contributed by atoms with Crippen molar-refractivity contribution in [1.29, 1.82) is 0 Å². The number of rotatable bonds is 9. The summed E-state index contributed by atoms with van der Waals surface area (Å²) in [6.07, 6.45) is 2.51. The standard InChI is InChI=1S/C18H21NO5/c1-3-10-23-16-8-7-13(11-17(16)22-4-2)18(21)24-12-15(20)14-6-5-9-19-14/h5-9,11,19H,3-4,10,12H2,1-2H3. The van der Waals surface area contributed by atoms with Gasteiger partial charge in [-0.25, -0.2) is 4.79 Å². The van der Waals surface area contributed by atoms with Gasteiger partial charge >= 0.3 is 5.97 Å². The number of hydrogen-bond donors (Lipinski definition) is 1. The molecule has 0 fully saturated rings. The van der Waals surface area contributed by atoms with Gasteiger partial charge in [-0.1, -0.05) is 6.92 Å². The monoisotopic (exact) mass is 331 g/mol. The molecule has 0 saturated carbocycles. The largest absolute Gasteiger partial charge is 0.490 e. The second kappa shape index (κ2) is 8.76. The molecule has 0 spiro atoms. The van der Waals surface area contributed by atoms with E-state index in [1.165, 1.54) is 0 Å². The third-order valence-corrected chi connectivity index (χ3v) is 3.17. The maximum Gasteiger partial charge on any atom is 0.338 e. The molecular weight excluding hydrogens is 310 g/mol. The van der Waals surface area contributed by atoms with Crippen LogP contribution in [0.4, 0.5) is 0 Å². The lowest BCUT2D eigenvalue weighted by atomic mass is 10.2. The highest BCUT2D eigenvalue weighted by Crippen LogP contribution is 2.29. The molecule has 0 saturated heterocycles. The summed E-state index contributed by atoms with van der Waals surface area (Å²) in [5.74, 6) is 0.188. The molecule has 24 heavy (non-hydrogen) atoms. The number of aromatic amines is 1. The van der Waals surface area contributed by atoms with E-state index >= 15 is 0 Å². The molecule has 0 atom stereocenters. The van der Waals surface area contributed by atoms with E-state index in [-0.39, 0.29) is 12.4 Å². The van der Waals surface area contributed by atoms with Crippen LogP contribution in [0.5, 0.6) is 11.5 Å². The van der Waals surface area contributed by atoms with E-state index < -0.39 is 5.97 Å². The van der Waals surface area contributed by atoms with Crippen LogP contribution in [0.15, 0.2) is 36.5 Å². The summed E-state index contributed by atoms with van der Waals surface area (Å²) >= 11 is 0. The first-order valence-corrected chi connectivity index (χ1v) is 7.89. The van der Waals surface area contributed by atoms with Crippen molar-refractivity contribution in [3.63, 3.8) is 0 Å². The van der Waals surface area contributed by atoms with Crippen LogP contribution in [-0.2, 0) is 4.74 Å². The van der Waals surface area contributed by atoms with Crippen LogP contribution < -0.4 is 9.47 Å². The predicted octanol–water partition coefficient (Wildman–Crippen LogP) is 3.24. The average Bonchev–Trinajstić information content (AvgIpc) is 3.13. The zero-order valence-electron chi connectivity index (χ0n) is 13.8. The van der Waals surface area contributed by atoms with Gasteiger partial charge in [0.15, 0.2) is 18.1 Å². The maximum absolute atomic E-state index is 12.1. The number of H-pyrrole nitrogens is 1. The summed E-state index contributed by atoms with van der Waals surface area (Å²) in [5.41, 5.74) is 0.711. The van der Waals surface area contributed by atoms with E-state index in [9.17, 15) is 9.59 Å². The Labute approximate surface area is 140 Å². The predicted molar refractivity (Wildman–Crippen MR) is 88.8 cm³/mol. The third-order valence-electron chi connectivity index (χ3n) is 3.17. The molecule has 0 aliphatic rings. The van der Waals surface area contributed by atoms with E-state index in [4.69, 9.17) is 14.2 Å². The summed E-state index contributed by atoms with van der Waals surface area (Å²) in [5, 5.41) is 0. The zero-order chi connectivity index (χ0) is 17.4. The van der Waals surface area contributed by atoms with Crippen molar-refractivity contribution < 1.29 is 23.8 Å². The summed E-state index contributed by atoms with van der Waals surface area (Å²) in [6, 6.07) is 8.16. The lowest BCUT2D eigenvalue weighted by Crippen LogP contribution is -2.14. The van der Waals surface area contributed by atoms with Crippen LogP contribution in [0.2, 0.25) is 0 Å². The molecule has 128 valence electrons. The van der Waals surface area contributed by atoms with Crippen LogP contribution in [-0.4, -0.2) is 36.6 Å². The van der Waals surface area contributed by atoms with E-state index in [2.05, 4.69) is 4.98 Å². The van der Waals surface area contributed by atoms with Gasteiger partial charge in [-0.3, -0.25) is 4.79 Å². The van der Waals surface area contributed by atoms with Crippen LogP contribution in [0, 0.1) is 0 Å². The van der Waals surface area contributed by atoms with Crippen molar-refractivity contribution in [2.45, 2.75) is 20.3 Å². The smallest absolute Gasteiger partial charge is 0.338 e.